The first-order chi connectivity index (χ1) is 8.79. The van der Waals surface area contributed by atoms with Crippen LogP contribution in [0.4, 0.5) is 5.69 Å². The number of sulfonamides is 1. The summed E-state index contributed by atoms with van der Waals surface area (Å²) in [6.45, 7) is 6.25. The van der Waals surface area contributed by atoms with Crippen LogP contribution in [0, 0.1) is 0 Å². The third kappa shape index (κ3) is 3.14. The van der Waals surface area contributed by atoms with Gasteiger partial charge in [0.05, 0.1) is 16.8 Å². The molecule has 2 N–H and O–H groups in total. The number of nitrogens with zero attached hydrogens (tertiary/aromatic N) is 1. The Bertz CT molecular complexity index is 638. The molecule has 19 heavy (non-hydrogen) atoms. The van der Waals surface area contributed by atoms with Gasteiger partial charge >= 0.3 is 0 Å². The summed E-state index contributed by atoms with van der Waals surface area (Å²) in [7, 11) is -3.56. The van der Waals surface area contributed by atoms with Gasteiger partial charge in [0.2, 0.25) is 0 Å². The van der Waals surface area contributed by atoms with Crippen LogP contribution in [0.15, 0.2) is 41.6 Å². The van der Waals surface area contributed by atoms with Crippen LogP contribution in [-0.2, 0) is 15.4 Å². The van der Waals surface area contributed by atoms with Crippen molar-refractivity contribution >= 4 is 15.7 Å². The zero-order chi connectivity index (χ0) is 14.1. The second-order valence-electron chi connectivity index (χ2n) is 5.37. The highest BCUT2D eigenvalue weighted by atomic mass is 32.2. The fraction of sp³-hybridized carbons (Fsp3) is 0.308. The maximum Gasteiger partial charge on any atom is 0.261 e. The smallest absolute Gasteiger partial charge is 0.261 e. The van der Waals surface area contributed by atoms with Gasteiger partial charge in [0.1, 0.15) is 0 Å². The molecule has 0 radical (unpaired) electrons. The molecular formula is C13H17N3O2S. The summed E-state index contributed by atoms with van der Waals surface area (Å²) in [5.41, 5.74) is 1.51. The van der Waals surface area contributed by atoms with Crippen LogP contribution in [0.5, 0.6) is 0 Å². The van der Waals surface area contributed by atoms with E-state index in [1.807, 2.05) is 12.1 Å². The SMILES string of the molecule is CC(C)(C)c1ccc(S(=O)(=O)Nc2cn[nH]c2)cc1. The lowest BCUT2D eigenvalue weighted by Gasteiger charge is -2.19. The van der Waals surface area contributed by atoms with Crippen molar-refractivity contribution in [1.82, 2.24) is 10.2 Å². The summed E-state index contributed by atoms with van der Waals surface area (Å²) in [4.78, 5) is 0.238. The molecule has 0 saturated heterocycles. The van der Waals surface area contributed by atoms with Crippen LogP contribution >= 0.6 is 0 Å². The molecule has 0 atom stereocenters. The molecule has 0 saturated carbocycles. The number of H-pyrrole nitrogens is 1. The van der Waals surface area contributed by atoms with Gasteiger partial charge in [-0.15, -0.1) is 0 Å². The van der Waals surface area contributed by atoms with Crippen molar-refractivity contribution in [2.24, 2.45) is 0 Å². The lowest BCUT2D eigenvalue weighted by Crippen LogP contribution is -2.14. The van der Waals surface area contributed by atoms with Gasteiger partial charge in [-0.1, -0.05) is 32.9 Å². The van der Waals surface area contributed by atoms with E-state index in [0.29, 0.717) is 5.69 Å². The highest BCUT2D eigenvalue weighted by molar-refractivity contribution is 7.92. The average molecular weight is 279 g/mol. The lowest BCUT2D eigenvalue weighted by atomic mass is 9.87. The molecule has 1 aromatic carbocycles. The van der Waals surface area contributed by atoms with Crippen molar-refractivity contribution in [3.8, 4) is 0 Å². The van der Waals surface area contributed by atoms with E-state index in [9.17, 15) is 8.42 Å². The molecule has 102 valence electrons. The zero-order valence-electron chi connectivity index (χ0n) is 11.1. The first-order valence-corrected chi connectivity index (χ1v) is 7.39. The summed E-state index contributed by atoms with van der Waals surface area (Å²) in [6.07, 6.45) is 2.90. The fourth-order valence-electron chi connectivity index (χ4n) is 1.65. The molecular weight excluding hydrogens is 262 g/mol. The number of hydrogen-bond donors (Lipinski definition) is 2. The van der Waals surface area contributed by atoms with Gasteiger partial charge in [0, 0.05) is 6.20 Å². The number of nitrogens with one attached hydrogen (secondary N) is 2. The van der Waals surface area contributed by atoms with E-state index in [-0.39, 0.29) is 10.3 Å². The first kappa shape index (κ1) is 13.6. The largest absolute Gasteiger partial charge is 0.284 e. The van der Waals surface area contributed by atoms with E-state index in [4.69, 9.17) is 0 Å². The van der Waals surface area contributed by atoms with Crippen molar-refractivity contribution in [2.45, 2.75) is 31.1 Å². The third-order valence-electron chi connectivity index (χ3n) is 2.78. The Morgan fingerprint density at radius 3 is 2.26 bits per heavy atom. The molecule has 0 bridgehead atoms. The lowest BCUT2D eigenvalue weighted by molar-refractivity contribution is 0.587. The third-order valence-corrected chi connectivity index (χ3v) is 4.18. The molecule has 1 aromatic heterocycles. The molecule has 0 spiro atoms. The minimum absolute atomic E-state index is 0.000276. The van der Waals surface area contributed by atoms with Crippen molar-refractivity contribution in [3.63, 3.8) is 0 Å². The average Bonchev–Trinajstić information content (AvgIpc) is 2.80. The molecule has 0 aliphatic heterocycles. The Labute approximate surface area is 113 Å². The van der Waals surface area contributed by atoms with Gasteiger partial charge in [-0.05, 0) is 23.1 Å². The van der Waals surface area contributed by atoms with E-state index >= 15 is 0 Å². The van der Waals surface area contributed by atoms with Gasteiger partial charge in [-0.25, -0.2) is 8.42 Å². The molecule has 0 fully saturated rings. The minimum atomic E-state index is -3.56. The van der Waals surface area contributed by atoms with E-state index in [2.05, 4.69) is 35.7 Å². The summed E-state index contributed by atoms with van der Waals surface area (Å²) >= 11 is 0. The summed E-state index contributed by atoms with van der Waals surface area (Å²) in [5.74, 6) is 0. The monoisotopic (exact) mass is 279 g/mol. The second kappa shape index (κ2) is 4.70. The van der Waals surface area contributed by atoms with Crippen molar-refractivity contribution in [2.75, 3.05) is 4.72 Å². The number of hydrogen-bond acceptors (Lipinski definition) is 3. The fourth-order valence-corrected chi connectivity index (χ4v) is 2.69. The highest BCUT2D eigenvalue weighted by Gasteiger charge is 2.17. The molecule has 5 nitrogen and oxygen atoms in total. The molecule has 6 heteroatoms. The quantitative estimate of drug-likeness (QED) is 0.906. The number of rotatable bonds is 3. The molecule has 0 aliphatic carbocycles. The molecule has 1 heterocycles. The standard InChI is InChI=1S/C13H17N3O2S/c1-13(2,3)10-4-6-12(7-5-10)19(17,18)16-11-8-14-15-9-11/h4-9,16H,1-3H3,(H,14,15). The predicted octanol–water partition coefficient (Wildman–Crippen LogP) is 2.51. The van der Waals surface area contributed by atoms with Gasteiger partial charge < -0.3 is 0 Å². The van der Waals surface area contributed by atoms with E-state index in [1.54, 1.807) is 12.1 Å². The molecule has 0 aliphatic rings. The first-order valence-electron chi connectivity index (χ1n) is 5.91. The number of aromatic nitrogens is 2. The van der Waals surface area contributed by atoms with Gasteiger partial charge in [-0.3, -0.25) is 9.82 Å². The predicted molar refractivity (Wildman–Crippen MR) is 74.5 cm³/mol. The van der Waals surface area contributed by atoms with Crippen molar-refractivity contribution in [3.05, 3.63) is 42.2 Å². The van der Waals surface area contributed by atoms with Crippen LogP contribution in [0.3, 0.4) is 0 Å². The van der Waals surface area contributed by atoms with Crippen molar-refractivity contribution < 1.29 is 8.42 Å². The van der Waals surface area contributed by atoms with E-state index < -0.39 is 10.0 Å². The number of anilines is 1. The molecule has 0 unspecified atom stereocenters. The number of benzene rings is 1. The zero-order valence-corrected chi connectivity index (χ0v) is 12.0. The van der Waals surface area contributed by atoms with Gasteiger partial charge in [-0.2, -0.15) is 5.10 Å². The van der Waals surface area contributed by atoms with Crippen molar-refractivity contribution in [1.29, 1.82) is 0 Å². The molecule has 2 aromatic rings. The normalized spacial score (nSPS) is 12.4. The Balaban J connectivity index is 2.27. The van der Waals surface area contributed by atoms with Crippen LogP contribution < -0.4 is 4.72 Å². The summed E-state index contributed by atoms with van der Waals surface area (Å²) in [6, 6.07) is 6.90. The maximum atomic E-state index is 12.1. The Morgan fingerprint density at radius 2 is 1.79 bits per heavy atom. The van der Waals surface area contributed by atoms with Crippen LogP contribution in [0.25, 0.3) is 0 Å². The van der Waals surface area contributed by atoms with E-state index in [1.165, 1.54) is 12.4 Å². The number of aromatic amines is 1. The van der Waals surface area contributed by atoms with Crippen LogP contribution in [0.2, 0.25) is 0 Å². The molecule has 0 amide bonds. The molecule has 2 rings (SSSR count). The second-order valence-corrected chi connectivity index (χ2v) is 7.05. The van der Waals surface area contributed by atoms with Crippen LogP contribution in [0.1, 0.15) is 26.3 Å². The maximum absolute atomic E-state index is 12.1. The minimum Gasteiger partial charge on any atom is -0.284 e. The topological polar surface area (TPSA) is 74.8 Å². The summed E-state index contributed by atoms with van der Waals surface area (Å²) in [5, 5.41) is 6.25. The summed E-state index contributed by atoms with van der Waals surface area (Å²) < 4.78 is 26.7. The Morgan fingerprint density at radius 1 is 1.16 bits per heavy atom. The Hall–Kier alpha value is -1.82. The van der Waals surface area contributed by atoms with Gasteiger partial charge in [0.15, 0.2) is 0 Å². The Kier molecular flexibility index (Phi) is 3.36. The van der Waals surface area contributed by atoms with E-state index in [0.717, 1.165) is 5.56 Å². The van der Waals surface area contributed by atoms with Gasteiger partial charge in [0.25, 0.3) is 10.0 Å². The van der Waals surface area contributed by atoms with Crippen LogP contribution in [-0.4, -0.2) is 18.6 Å². The highest BCUT2D eigenvalue weighted by Crippen LogP contribution is 2.24.